The third-order valence-electron chi connectivity index (χ3n) is 1.66. The van der Waals surface area contributed by atoms with Crippen molar-refractivity contribution in [2.24, 2.45) is 5.73 Å². The van der Waals surface area contributed by atoms with Gasteiger partial charge in [-0.15, -0.1) is 0 Å². The zero-order valence-electron chi connectivity index (χ0n) is 6.76. The highest BCUT2D eigenvalue weighted by Crippen LogP contribution is 2.18. The summed E-state index contributed by atoms with van der Waals surface area (Å²) in [5.41, 5.74) is 8.27. The number of nitrogens with two attached hydrogens (primary N) is 1. The van der Waals surface area contributed by atoms with Gasteiger partial charge in [-0.3, -0.25) is 0 Å². The highest BCUT2D eigenvalue weighted by Gasteiger charge is 2.04. The van der Waals surface area contributed by atoms with Crippen LogP contribution in [-0.2, 0) is 6.54 Å². The lowest BCUT2D eigenvalue weighted by atomic mass is 10.1. The van der Waals surface area contributed by atoms with E-state index in [1.807, 2.05) is 19.1 Å². The zero-order chi connectivity index (χ0) is 9.14. The number of rotatable bonds is 1. The Morgan fingerprint density at radius 2 is 2.25 bits per heavy atom. The Hall–Kier alpha value is -0.600. The molecule has 0 aliphatic rings. The summed E-state index contributed by atoms with van der Waals surface area (Å²) in [5, 5.41) is 8.79. The molecule has 0 aliphatic heterocycles. The van der Waals surface area contributed by atoms with E-state index in [9.17, 15) is 0 Å². The van der Waals surface area contributed by atoms with Crippen LogP contribution < -0.4 is 5.73 Å². The van der Waals surface area contributed by atoms with Crippen molar-refractivity contribution in [1.29, 1.82) is 5.26 Å². The minimum absolute atomic E-state index is 0.432. The summed E-state index contributed by atoms with van der Waals surface area (Å²) < 4.78 is 1.08. The maximum absolute atomic E-state index is 8.79. The molecule has 0 heterocycles. The second-order valence-corrected chi connectivity index (χ2v) is 3.75. The quantitative estimate of drug-likeness (QED) is 0.794. The molecule has 0 atom stereocenters. The Kier molecular flexibility index (Phi) is 3.06. The van der Waals surface area contributed by atoms with Gasteiger partial charge in [0.2, 0.25) is 0 Å². The van der Waals surface area contributed by atoms with E-state index < -0.39 is 0 Å². The van der Waals surface area contributed by atoms with Crippen LogP contribution in [0.25, 0.3) is 0 Å². The monoisotopic (exact) mass is 272 g/mol. The van der Waals surface area contributed by atoms with Crippen LogP contribution in [0.1, 0.15) is 16.7 Å². The fourth-order valence-corrected chi connectivity index (χ4v) is 2.08. The van der Waals surface area contributed by atoms with Crippen LogP contribution in [0.3, 0.4) is 0 Å². The van der Waals surface area contributed by atoms with Crippen molar-refractivity contribution in [2.45, 2.75) is 13.5 Å². The van der Waals surface area contributed by atoms with E-state index in [2.05, 4.69) is 28.7 Å². The number of aryl methyl sites for hydroxylation is 1. The molecule has 62 valence electrons. The zero-order valence-corrected chi connectivity index (χ0v) is 8.92. The van der Waals surface area contributed by atoms with E-state index in [1.54, 1.807) is 0 Å². The summed E-state index contributed by atoms with van der Waals surface area (Å²) in [6.45, 7) is 2.41. The molecule has 2 N–H and O–H groups in total. The third kappa shape index (κ3) is 1.76. The van der Waals surface area contributed by atoms with Gasteiger partial charge < -0.3 is 5.73 Å². The van der Waals surface area contributed by atoms with Crippen LogP contribution in [0.2, 0.25) is 0 Å². The first kappa shape index (κ1) is 9.49. The number of benzene rings is 1. The molecule has 1 aromatic rings. The molecule has 1 rings (SSSR count). The highest BCUT2D eigenvalue weighted by atomic mass is 127. The lowest BCUT2D eigenvalue weighted by Gasteiger charge is -2.04. The third-order valence-corrected chi connectivity index (χ3v) is 2.63. The maximum Gasteiger partial charge on any atom is 0.0995 e. The van der Waals surface area contributed by atoms with Gasteiger partial charge >= 0.3 is 0 Å². The molecule has 12 heavy (non-hydrogen) atoms. The molecule has 0 spiro atoms. The van der Waals surface area contributed by atoms with E-state index in [4.69, 9.17) is 11.0 Å². The lowest BCUT2D eigenvalue weighted by molar-refractivity contribution is 1.05. The van der Waals surface area contributed by atoms with Gasteiger partial charge in [0.25, 0.3) is 0 Å². The summed E-state index contributed by atoms with van der Waals surface area (Å²) in [6.07, 6.45) is 0. The van der Waals surface area contributed by atoms with Crippen molar-refractivity contribution in [1.82, 2.24) is 0 Å². The molecule has 0 radical (unpaired) electrons. The standard InChI is InChI=1S/C9H9IN2/c1-6-2-7(4-11)8(5-12)9(10)3-6/h2-3H,5,12H2,1H3. The van der Waals surface area contributed by atoms with Crippen LogP contribution in [0.5, 0.6) is 0 Å². The van der Waals surface area contributed by atoms with E-state index in [0.29, 0.717) is 12.1 Å². The number of hydrogen-bond donors (Lipinski definition) is 1. The van der Waals surface area contributed by atoms with Gasteiger partial charge in [-0.2, -0.15) is 5.26 Å². The molecular formula is C9H9IN2. The molecule has 0 unspecified atom stereocenters. The van der Waals surface area contributed by atoms with E-state index in [0.717, 1.165) is 14.7 Å². The summed E-state index contributed by atoms with van der Waals surface area (Å²) in [7, 11) is 0. The number of hydrogen-bond acceptors (Lipinski definition) is 2. The van der Waals surface area contributed by atoms with E-state index in [-0.39, 0.29) is 0 Å². The Labute approximate surface area is 85.5 Å². The van der Waals surface area contributed by atoms with Crippen molar-refractivity contribution in [3.63, 3.8) is 0 Å². The van der Waals surface area contributed by atoms with Crippen molar-refractivity contribution in [3.05, 3.63) is 32.4 Å². The average Bonchev–Trinajstić information content (AvgIpc) is 2.03. The number of nitrogens with zero attached hydrogens (tertiary/aromatic N) is 1. The normalized spacial score (nSPS) is 9.50. The molecule has 0 saturated heterocycles. The molecule has 0 aromatic heterocycles. The average molecular weight is 272 g/mol. The minimum atomic E-state index is 0.432. The Morgan fingerprint density at radius 3 is 2.75 bits per heavy atom. The topological polar surface area (TPSA) is 49.8 Å². The van der Waals surface area contributed by atoms with Crippen LogP contribution in [-0.4, -0.2) is 0 Å². The van der Waals surface area contributed by atoms with Crippen molar-refractivity contribution in [2.75, 3.05) is 0 Å². The molecule has 0 fully saturated rings. The van der Waals surface area contributed by atoms with Gasteiger partial charge in [0, 0.05) is 10.1 Å². The van der Waals surface area contributed by atoms with E-state index >= 15 is 0 Å². The fraction of sp³-hybridized carbons (Fsp3) is 0.222. The predicted molar refractivity (Wildman–Crippen MR) is 56.5 cm³/mol. The Bertz CT molecular complexity index is 339. The molecule has 3 heteroatoms. The van der Waals surface area contributed by atoms with Crippen LogP contribution in [0, 0.1) is 21.8 Å². The molecule has 0 saturated carbocycles. The van der Waals surface area contributed by atoms with Crippen LogP contribution >= 0.6 is 22.6 Å². The molecule has 0 aliphatic carbocycles. The molecule has 0 amide bonds. The summed E-state index contributed by atoms with van der Waals surface area (Å²) >= 11 is 2.20. The van der Waals surface area contributed by atoms with Crippen LogP contribution in [0.4, 0.5) is 0 Å². The summed E-state index contributed by atoms with van der Waals surface area (Å²) in [6, 6.07) is 6.04. The van der Waals surface area contributed by atoms with Gasteiger partial charge in [0.15, 0.2) is 0 Å². The van der Waals surface area contributed by atoms with Crippen molar-refractivity contribution in [3.8, 4) is 6.07 Å². The second kappa shape index (κ2) is 3.87. The van der Waals surface area contributed by atoms with Gasteiger partial charge in [0.1, 0.15) is 0 Å². The molecule has 2 nitrogen and oxygen atoms in total. The number of nitriles is 1. The van der Waals surface area contributed by atoms with Crippen LogP contribution in [0.15, 0.2) is 12.1 Å². The minimum Gasteiger partial charge on any atom is -0.326 e. The lowest BCUT2D eigenvalue weighted by Crippen LogP contribution is -2.02. The summed E-state index contributed by atoms with van der Waals surface area (Å²) in [5.74, 6) is 0. The van der Waals surface area contributed by atoms with Crippen molar-refractivity contribution < 1.29 is 0 Å². The number of halogens is 1. The van der Waals surface area contributed by atoms with Gasteiger partial charge in [-0.1, -0.05) is 0 Å². The smallest absolute Gasteiger partial charge is 0.0995 e. The largest absolute Gasteiger partial charge is 0.326 e. The Morgan fingerprint density at radius 1 is 1.58 bits per heavy atom. The van der Waals surface area contributed by atoms with Gasteiger partial charge in [-0.25, -0.2) is 0 Å². The second-order valence-electron chi connectivity index (χ2n) is 2.59. The molecule has 1 aromatic carbocycles. The predicted octanol–water partition coefficient (Wildman–Crippen LogP) is 1.93. The fourth-order valence-electron chi connectivity index (χ4n) is 1.08. The Balaban J connectivity index is 3.36. The van der Waals surface area contributed by atoms with Gasteiger partial charge in [0.05, 0.1) is 11.6 Å². The van der Waals surface area contributed by atoms with Gasteiger partial charge in [-0.05, 0) is 52.8 Å². The highest BCUT2D eigenvalue weighted by molar-refractivity contribution is 14.1. The molecule has 0 bridgehead atoms. The summed E-state index contributed by atoms with van der Waals surface area (Å²) in [4.78, 5) is 0. The first-order valence-electron chi connectivity index (χ1n) is 3.58. The maximum atomic E-state index is 8.79. The molecular weight excluding hydrogens is 263 g/mol. The first-order chi connectivity index (χ1) is 5.69. The first-order valence-corrected chi connectivity index (χ1v) is 4.66. The van der Waals surface area contributed by atoms with E-state index in [1.165, 1.54) is 0 Å². The SMILES string of the molecule is Cc1cc(I)c(CN)c(C#N)c1. The van der Waals surface area contributed by atoms with Crippen molar-refractivity contribution >= 4 is 22.6 Å².